The summed E-state index contributed by atoms with van der Waals surface area (Å²) in [4.78, 5) is 22.0. The fourth-order valence-corrected chi connectivity index (χ4v) is 5.05. The predicted molar refractivity (Wildman–Crippen MR) is 120 cm³/mol. The summed E-state index contributed by atoms with van der Waals surface area (Å²) < 4.78 is 21.6. The maximum absolute atomic E-state index is 12.5. The lowest BCUT2D eigenvalue weighted by Gasteiger charge is -2.35. The summed E-state index contributed by atoms with van der Waals surface area (Å²) in [5.74, 6) is 2.87. The molecular formula is C23H21N3O5S. The zero-order valence-electron chi connectivity index (χ0n) is 17.3. The Morgan fingerprint density at radius 1 is 0.875 bits per heavy atom. The number of benzene rings is 2. The second-order valence-electron chi connectivity index (χ2n) is 7.87. The lowest BCUT2D eigenvalue weighted by atomic mass is 10.1. The number of thioether (sulfide) groups is 1. The standard InChI is InChI=1S/C23H21N3O5S/c27-22-21(11-15-1-3-17-19(9-15)30-13-28-17)32-23(24-22)26-7-5-25(6-8-26)12-16-2-4-18-20(10-16)31-14-29-18/h1-4,9-11H,5-8,12-14H2/b21-11+. The van der Waals surface area contributed by atoms with E-state index in [9.17, 15) is 4.79 Å². The highest BCUT2D eigenvalue weighted by atomic mass is 32.2. The van der Waals surface area contributed by atoms with Crippen LogP contribution in [0, 0.1) is 0 Å². The van der Waals surface area contributed by atoms with Crippen LogP contribution in [0.4, 0.5) is 0 Å². The number of aliphatic imine (C=N–C) groups is 1. The fraction of sp³-hybridized carbons (Fsp3) is 0.304. The molecule has 32 heavy (non-hydrogen) atoms. The summed E-state index contributed by atoms with van der Waals surface area (Å²) in [6, 6.07) is 11.8. The molecule has 0 aliphatic carbocycles. The minimum absolute atomic E-state index is 0.189. The molecule has 1 amide bonds. The van der Waals surface area contributed by atoms with E-state index in [-0.39, 0.29) is 12.7 Å². The molecule has 0 N–H and O–H groups in total. The van der Waals surface area contributed by atoms with E-state index in [1.807, 2.05) is 30.3 Å². The highest BCUT2D eigenvalue weighted by Gasteiger charge is 2.29. The van der Waals surface area contributed by atoms with Crippen LogP contribution in [-0.2, 0) is 11.3 Å². The van der Waals surface area contributed by atoms with Crippen LogP contribution in [0.5, 0.6) is 23.0 Å². The molecule has 8 nitrogen and oxygen atoms in total. The highest BCUT2D eigenvalue weighted by Crippen LogP contribution is 2.36. The van der Waals surface area contributed by atoms with Crippen LogP contribution in [0.1, 0.15) is 11.1 Å². The molecule has 6 rings (SSSR count). The molecule has 164 valence electrons. The number of piperazine rings is 1. The van der Waals surface area contributed by atoms with E-state index in [2.05, 4.69) is 26.9 Å². The van der Waals surface area contributed by atoms with Gasteiger partial charge in [-0.2, -0.15) is 4.99 Å². The maximum atomic E-state index is 12.5. The summed E-state index contributed by atoms with van der Waals surface area (Å²) >= 11 is 1.44. The van der Waals surface area contributed by atoms with Gasteiger partial charge in [-0.1, -0.05) is 12.1 Å². The predicted octanol–water partition coefficient (Wildman–Crippen LogP) is 2.93. The van der Waals surface area contributed by atoms with Gasteiger partial charge in [0.2, 0.25) is 13.6 Å². The molecule has 4 aliphatic heterocycles. The zero-order chi connectivity index (χ0) is 21.5. The molecule has 1 saturated heterocycles. The number of amidine groups is 1. The van der Waals surface area contributed by atoms with Crippen LogP contribution >= 0.6 is 11.8 Å². The zero-order valence-corrected chi connectivity index (χ0v) is 18.1. The molecule has 0 aromatic heterocycles. The van der Waals surface area contributed by atoms with Crippen molar-refractivity contribution in [2.75, 3.05) is 39.8 Å². The summed E-state index contributed by atoms with van der Waals surface area (Å²) in [6.07, 6.45) is 1.86. The first-order valence-corrected chi connectivity index (χ1v) is 11.3. The molecule has 2 aromatic rings. The van der Waals surface area contributed by atoms with E-state index >= 15 is 0 Å². The molecule has 1 fully saturated rings. The van der Waals surface area contributed by atoms with E-state index in [1.165, 1.54) is 17.3 Å². The molecule has 4 heterocycles. The summed E-state index contributed by atoms with van der Waals surface area (Å²) in [7, 11) is 0. The molecule has 2 aromatic carbocycles. The monoisotopic (exact) mass is 451 g/mol. The van der Waals surface area contributed by atoms with Crippen molar-refractivity contribution in [2.24, 2.45) is 4.99 Å². The Labute approximate surface area is 189 Å². The molecule has 0 bridgehead atoms. The van der Waals surface area contributed by atoms with E-state index in [0.717, 1.165) is 60.7 Å². The quantitative estimate of drug-likeness (QED) is 0.660. The molecule has 0 saturated carbocycles. The summed E-state index contributed by atoms with van der Waals surface area (Å²) in [6.45, 7) is 4.87. The molecule has 0 radical (unpaired) electrons. The summed E-state index contributed by atoms with van der Waals surface area (Å²) in [5, 5.41) is 0.782. The number of rotatable bonds is 3. The number of fused-ring (bicyclic) bond motifs is 2. The van der Waals surface area contributed by atoms with Gasteiger partial charge in [0.25, 0.3) is 5.91 Å². The first kappa shape index (κ1) is 19.5. The van der Waals surface area contributed by atoms with Crippen LogP contribution in [0.15, 0.2) is 46.3 Å². The van der Waals surface area contributed by atoms with Gasteiger partial charge in [0.15, 0.2) is 28.2 Å². The number of amides is 1. The normalized spacial score (nSPS) is 20.9. The molecule has 9 heteroatoms. The number of ether oxygens (including phenoxy) is 4. The Morgan fingerprint density at radius 3 is 2.34 bits per heavy atom. The molecular weight excluding hydrogens is 430 g/mol. The smallest absolute Gasteiger partial charge is 0.286 e. The largest absolute Gasteiger partial charge is 0.454 e. The Bertz CT molecular complexity index is 1140. The molecule has 0 unspecified atom stereocenters. The van der Waals surface area contributed by atoms with E-state index in [4.69, 9.17) is 18.9 Å². The lowest BCUT2D eigenvalue weighted by molar-refractivity contribution is -0.113. The number of carbonyl (C=O) groups excluding carboxylic acids is 1. The van der Waals surface area contributed by atoms with E-state index in [0.29, 0.717) is 17.4 Å². The fourth-order valence-electron chi connectivity index (χ4n) is 4.08. The molecule has 0 spiro atoms. The number of hydrogen-bond acceptors (Lipinski definition) is 8. The first-order chi connectivity index (χ1) is 15.7. The van der Waals surface area contributed by atoms with Crippen molar-refractivity contribution in [3.8, 4) is 23.0 Å². The van der Waals surface area contributed by atoms with Gasteiger partial charge in [0.1, 0.15) is 0 Å². The number of nitrogens with zero attached hydrogens (tertiary/aromatic N) is 3. The lowest BCUT2D eigenvalue weighted by Crippen LogP contribution is -2.47. The van der Waals surface area contributed by atoms with Crippen molar-refractivity contribution < 1.29 is 23.7 Å². The Kier molecular flexibility index (Phi) is 4.92. The second-order valence-corrected chi connectivity index (χ2v) is 8.88. The van der Waals surface area contributed by atoms with Crippen LogP contribution in [0.3, 0.4) is 0 Å². The van der Waals surface area contributed by atoms with Crippen LogP contribution in [-0.4, -0.2) is 60.6 Å². The first-order valence-electron chi connectivity index (χ1n) is 10.5. The van der Waals surface area contributed by atoms with Crippen molar-refractivity contribution >= 4 is 28.9 Å². The van der Waals surface area contributed by atoms with Crippen LogP contribution < -0.4 is 18.9 Å². The van der Waals surface area contributed by atoms with Gasteiger partial charge in [-0.05, 0) is 53.2 Å². The minimum Gasteiger partial charge on any atom is -0.454 e. The molecule has 0 atom stereocenters. The number of hydrogen-bond donors (Lipinski definition) is 0. The van der Waals surface area contributed by atoms with Gasteiger partial charge in [-0.15, -0.1) is 0 Å². The van der Waals surface area contributed by atoms with Crippen molar-refractivity contribution in [3.63, 3.8) is 0 Å². The topological polar surface area (TPSA) is 72.8 Å². The van der Waals surface area contributed by atoms with Gasteiger partial charge in [0, 0.05) is 32.7 Å². The summed E-state index contributed by atoms with van der Waals surface area (Å²) in [5.41, 5.74) is 2.11. The van der Waals surface area contributed by atoms with E-state index < -0.39 is 0 Å². The molecule has 4 aliphatic rings. The SMILES string of the molecule is O=C1N=C(N2CCN(Cc3ccc4c(c3)OCO4)CC2)S/C1=C/c1ccc2c(c1)OCO2. The van der Waals surface area contributed by atoms with E-state index in [1.54, 1.807) is 0 Å². The van der Waals surface area contributed by atoms with Gasteiger partial charge in [0.05, 0.1) is 4.91 Å². The Morgan fingerprint density at radius 2 is 1.56 bits per heavy atom. The van der Waals surface area contributed by atoms with Crippen LogP contribution in [0.2, 0.25) is 0 Å². The van der Waals surface area contributed by atoms with Gasteiger partial charge in [-0.3, -0.25) is 9.69 Å². The van der Waals surface area contributed by atoms with Crippen molar-refractivity contribution in [3.05, 3.63) is 52.4 Å². The van der Waals surface area contributed by atoms with Gasteiger partial charge >= 0.3 is 0 Å². The maximum Gasteiger partial charge on any atom is 0.286 e. The van der Waals surface area contributed by atoms with Gasteiger partial charge < -0.3 is 23.8 Å². The van der Waals surface area contributed by atoms with Crippen LogP contribution in [0.25, 0.3) is 6.08 Å². The average molecular weight is 452 g/mol. The average Bonchev–Trinajstić information content (AvgIpc) is 3.54. The Balaban J connectivity index is 1.06. The van der Waals surface area contributed by atoms with Gasteiger partial charge in [-0.25, -0.2) is 0 Å². The van der Waals surface area contributed by atoms with Crippen molar-refractivity contribution in [1.29, 1.82) is 0 Å². The number of carbonyl (C=O) groups is 1. The third-order valence-corrected chi connectivity index (χ3v) is 6.83. The second kappa shape index (κ2) is 8.07. The Hall–Kier alpha value is -3.17. The van der Waals surface area contributed by atoms with Crippen molar-refractivity contribution in [1.82, 2.24) is 9.80 Å². The highest BCUT2D eigenvalue weighted by molar-refractivity contribution is 8.18. The third kappa shape index (κ3) is 3.78. The third-order valence-electron chi connectivity index (χ3n) is 5.79. The van der Waals surface area contributed by atoms with Crippen molar-refractivity contribution in [2.45, 2.75) is 6.54 Å². The minimum atomic E-state index is -0.189.